The lowest BCUT2D eigenvalue weighted by Gasteiger charge is -2.14. The van der Waals surface area contributed by atoms with E-state index < -0.39 is 0 Å². The van der Waals surface area contributed by atoms with Gasteiger partial charge in [0.2, 0.25) is 5.91 Å². The molecule has 0 spiro atoms. The summed E-state index contributed by atoms with van der Waals surface area (Å²) in [5.41, 5.74) is 3.14. The molecule has 1 aromatic heterocycles. The molecule has 1 amide bonds. The van der Waals surface area contributed by atoms with Crippen molar-refractivity contribution in [2.45, 2.75) is 33.7 Å². The van der Waals surface area contributed by atoms with E-state index in [0.717, 1.165) is 23.5 Å². The van der Waals surface area contributed by atoms with Gasteiger partial charge in [-0.1, -0.05) is 30.7 Å². The zero-order chi connectivity index (χ0) is 16.1. The van der Waals surface area contributed by atoms with E-state index in [1.165, 1.54) is 0 Å². The first kappa shape index (κ1) is 16.6. The number of hydrogen-bond donors (Lipinski definition) is 1. The number of aromatic nitrogens is 2. The van der Waals surface area contributed by atoms with Crippen molar-refractivity contribution >= 4 is 17.5 Å². The van der Waals surface area contributed by atoms with Gasteiger partial charge in [0.1, 0.15) is 0 Å². The monoisotopic (exact) mass is 319 g/mol. The van der Waals surface area contributed by atoms with Crippen LogP contribution in [0.3, 0.4) is 0 Å². The van der Waals surface area contributed by atoms with Crippen LogP contribution < -0.4 is 5.32 Å². The van der Waals surface area contributed by atoms with Gasteiger partial charge in [-0.2, -0.15) is 5.10 Å². The Morgan fingerprint density at radius 2 is 2.00 bits per heavy atom. The highest BCUT2D eigenvalue weighted by Gasteiger charge is 2.09. The predicted molar refractivity (Wildman–Crippen MR) is 89.0 cm³/mol. The molecule has 22 heavy (non-hydrogen) atoms. The van der Waals surface area contributed by atoms with Crippen LogP contribution in [0.25, 0.3) is 0 Å². The van der Waals surface area contributed by atoms with Crippen LogP contribution in [0.5, 0.6) is 0 Å². The summed E-state index contributed by atoms with van der Waals surface area (Å²) in [5.74, 6) is 0.356. The van der Waals surface area contributed by atoms with E-state index >= 15 is 0 Å². The zero-order valence-corrected chi connectivity index (χ0v) is 14.0. The Labute approximate surface area is 136 Å². The van der Waals surface area contributed by atoms with E-state index in [1.54, 1.807) is 12.1 Å². The molecule has 0 aliphatic carbocycles. The van der Waals surface area contributed by atoms with Gasteiger partial charge < -0.3 is 5.32 Å². The minimum atomic E-state index is 0.0301. The molecule has 2 rings (SSSR count). The van der Waals surface area contributed by atoms with Gasteiger partial charge in [0.25, 0.3) is 0 Å². The number of benzene rings is 1. The molecule has 4 nitrogen and oxygen atoms in total. The van der Waals surface area contributed by atoms with Crippen molar-refractivity contribution in [3.05, 3.63) is 52.3 Å². The molecule has 0 fully saturated rings. The molecule has 118 valence electrons. The fourth-order valence-corrected chi connectivity index (χ4v) is 2.48. The van der Waals surface area contributed by atoms with Gasteiger partial charge in [-0.05, 0) is 43.5 Å². The topological polar surface area (TPSA) is 46.9 Å². The summed E-state index contributed by atoms with van der Waals surface area (Å²) in [7, 11) is 0. The maximum atomic E-state index is 12.0. The lowest BCUT2D eigenvalue weighted by atomic mass is 10.1. The number of carbonyl (C=O) groups excluding carboxylic acids is 1. The molecule has 1 heterocycles. The van der Waals surface area contributed by atoms with Crippen LogP contribution in [0, 0.1) is 19.8 Å². The summed E-state index contributed by atoms with van der Waals surface area (Å²) in [6, 6.07) is 9.42. The summed E-state index contributed by atoms with van der Waals surface area (Å²) in [5, 5.41) is 8.11. The Bertz CT molecular complexity index is 634. The molecule has 0 aliphatic rings. The van der Waals surface area contributed by atoms with Crippen molar-refractivity contribution in [1.29, 1.82) is 0 Å². The van der Waals surface area contributed by atoms with Crippen LogP contribution in [-0.4, -0.2) is 22.2 Å². The van der Waals surface area contributed by atoms with Crippen molar-refractivity contribution in [3.8, 4) is 0 Å². The van der Waals surface area contributed by atoms with Gasteiger partial charge in [-0.15, -0.1) is 0 Å². The number of aryl methyl sites for hydroxylation is 2. The van der Waals surface area contributed by atoms with Gasteiger partial charge in [-0.3, -0.25) is 9.48 Å². The molecule has 0 aliphatic heterocycles. The van der Waals surface area contributed by atoms with Crippen LogP contribution in [0.1, 0.15) is 23.9 Å². The van der Waals surface area contributed by atoms with Crippen molar-refractivity contribution in [2.24, 2.45) is 5.92 Å². The molecule has 2 aromatic rings. The molecular formula is C17H22ClN3O. The summed E-state index contributed by atoms with van der Waals surface area (Å²) in [4.78, 5) is 12.0. The molecule has 0 radical (unpaired) electrons. The normalized spacial score (nSPS) is 12.2. The second-order valence-corrected chi connectivity index (χ2v) is 6.26. The molecule has 5 heteroatoms. The van der Waals surface area contributed by atoms with E-state index in [2.05, 4.69) is 23.4 Å². The Kier molecular flexibility index (Phi) is 5.61. The van der Waals surface area contributed by atoms with Crippen LogP contribution in [0.2, 0.25) is 5.02 Å². The first-order valence-electron chi connectivity index (χ1n) is 7.46. The van der Waals surface area contributed by atoms with E-state index in [-0.39, 0.29) is 5.91 Å². The van der Waals surface area contributed by atoms with Crippen molar-refractivity contribution in [2.75, 3.05) is 6.54 Å². The van der Waals surface area contributed by atoms with Crippen molar-refractivity contribution < 1.29 is 4.79 Å². The Hall–Kier alpha value is -1.81. The average Bonchev–Trinajstić information content (AvgIpc) is 2.77. The molecule has 0 saturated carbocycles. The lowest BCUT2D eigenvalue weighted by molar-refractivity contribution is -0.120. The maximum Gasteiger partial charge on any atom is 0.224 e. The maximum absolute atomic E-state index is 12.0. The van der Waals surface area contributed by atoms with E-state index in [9.17, 15) is 4.79 Å². The molecule has 1 unspecified atom stereocenters. The SMILES string of the molecule is Cc1cc(C)n(CC(C)CNC(=O)Cc2ccc(Cl)cc2)n1. The third kappa shape index (κ3) is 4.88. The van der Waals surface area contributed by atoms with E-state index in [4.69, 9.17) is 11.6 Å². The lowest BCUT2D eigenvalue weighted by Crippen LogP contribution is -2.31. The number of amides is 1. The van der Waals surface area contributed by atoms with Crippen LogP contribution in [0.15, 0.2) is 30.3 Å². The minimum absolute atomic E-state index is 0.0301. The summed E-state index contributed by atoms with van der Waals surface area (Å²) >= 11 is 5.83. The van der Waals surface area contributed by atoms with Crippen LogP contribution >= 0.6 is 11.6 Å². The first-order chi connectivity index (χ1) is 10.4. The third-order valence-electron chi connectivity index (χ3n) is 3.51. The molecule has 1 aromatic carbocycles. The summed E-state index contributed by atoms with van der Waals surface area (Å²) in [6.07, 6.45) is 0.379. The van der Waals surface area contributed by atoms with Gasteiger partial charge in [-0.25, -0.2) is 0 Å². The van der Waals surface area contributed by atoms with Crippen molar-refractivity contribution in [3.63, 3.8) is 0 Å². The molecular weight excluding hydrogens is 298 g/mol. The largest absolute Gasteiger partial charge is 0.355 e. The Morgan fingerprint density at radius 1 is 1.32 bits per heavy atom. The number of halogens is 1. The predicted octanol–water partition coefficient (Wildman–Crippen LogP) is 3.15. The van der Waals surface area contributed by atoms with E-state index in [1.807, 2.05) is 30.7 Å². The number of rotatable bonds is 6. The number of nitrogens with one attached hydrogen (secondary N) is 1. The minimum Gasteiger partial charge on any atom is -0.355 e. The molecule has 1 atom stereocenters. The summed E-state index contributed by atoms with van der Waals surface area (Å²) in [6.45, 7) is 7.60. The van der Waals surface area contributed by atoms with Crippen LogP contribution in [-0.2, 0) is 17.8 Å². The smallest absolute Gasteiger partial charge is 0.224 e. The Balaban J connectivity index is 1.78. The molecule has 1 N–H and O–H groups in total. The molecule has 0 saturated heterocycles. The third-order valence-corrected chi connectivity index (χ3v) is 3.77. The zero-order valence-electron chi connectivity index (χ0n) is 13.3. The highest BCUT2D eigenvalue weighted by molar-refractivity contribution is 6.30. The number of hydrogen-bond acceptors (Lipinski definition) is 2. The number of carbonyl (C=O) groups is 1. The molecule has 0 bridgehead atoms. The number of nitrogens with zero attached hydrogens (tertiary/aromatic N) is 2. The van der Waals surface area contributed by atoms with E-state index in [0.29, 0.717) is 23.9 Å². The summed E-state index contributed by atoms with van der Waals surface area (Å²) < 4.78 is 1.99. The highest BCUT2D eigenvalue weighted by Crippen LogP contribution is 2.10. The van der Waals surface area contributed by atoms with Gasteiger partial charge in [0, 0.05) is 23.8 Å². The Morgan fingerprint density at radius 3 is 2.59 bits per heavy atom. The second-order valence-electron chi connectivity index (χ2n) is 5.82. The standard InChI is InChI=1S/C17H22ClN3O/c1-12(11-21-14(3)8-13(2)20-21)10-19-17(22)9-15-4-6-16(18)7-5-15/h4-8,12H,9-11H2,1-3H3,(H,19,22). The van der Waals surface area contributed by atoms with Crippen molar-refractivity contribution in [1.82, 2.24) is 15.1 Å². The van der Waals surface area contributed by atoms with Crippen LogP contribution in [0.4, 0.5) is 0 Å². The first-order valence-corrected chi connectivity index (χ1v) is 7.84. The second kappa shape index (κ2) is 7.45. The van der Waals surface area contributed by atoms with Gasteiger partial charge in [0.15, 0.2) is 0 Å². The average molecular weight is 320 g/mol. The highest BCUT2D eigenvalue weighted by atomic mass is 35.5. The van der Waals surface area contributed by atoms with Gasteiger partial charge in [0.05, 0.1) is 12.1 Å². The quantitative estimate of drug-likeness (QED) is 0.889. The fraction of sp³-hybridized carbons (Fsp3) is 0.412. The van der Waals surface area contributed by atoms with Gasteiger partial charge >= 0.3 is 0 Å². The fourth-order valence-electron chi connectivity index (χ4n) is 2.36.